The monoisotopic (exact) mass is 341 g/mol. The second-order valence-corrected chi connectivity index (χ2v) is 7.48. The van der Waals surface area contributed by atoms with Crippen molar-refractivity contribution in [2.24, 2.45) is 0 Å². The Labute approximate surface area is 134 Å². The second-order valence-electron chi connectivity index (χ2n) is 4.74. The zero-order chi connectivity index (χ0) is 16.0. The van der Waals surface area contributed by atoms with Gasteiger partial charge < -0.3 is 4.74 Å². The van der Waals surface area contributed by atoms with Gasteiger partial charge in [0.1, 0.15) is 10.8 Å². The van der Waals surface area contributed by atoms with Crippen LogP contribution in [0.25, 0.3) is 0 Å². The Kier molecular flexibility index (Phi) is 5.73. The number of ether oxygens (including phenoxy) is 1. The molecule has 0 amide bonds. The molecule has 0 aliphatic carbocycles. The molecule has 0 radical (unpaired) electrons. The molecular formula is C14H19N3O3S2. The van der Waals surface area contributed by atoms with E-state index in [0.29, 0.717) is 10.9 Å². The molecule has 1 aromatic carbocycles. The minimum absolute atomic E-state index is 0.163. The average molecular weight is 341 g/mol. The van der Waals surface area contributed by atoms with Crippen molar-refractivity contribution in [2.75, 3.05) is 11.8 Å². The van der Waals surface area contributed by atoms with Crippen molar-refractivity contribution in [3.63, 3.8) is 0 Å². The van der Waals surface area contributed by atoms with Gasteiger partial charge in [-0.25, -0.2) is 8.42 Å². The highest BCUT2D eigenvalue weighted by molar-refractivity contribution is 7.93. The molecular weight excluding hydrogens is 322 g/mol. The molecule has 2 rings (SSSR count). The largest absolute Gasteiger partial charge is 0.497 e. The molecule has 1 N–H and O–H groups in total. The number of nitrogens with zero attached hydrogens (tertiary/aromatic N) is 2. The highest BCUT2D eigenvalue weighted by atomic mass is 32.2. The number of hydrogen-bond acceptors (Lipinski definition) is 6. The number of hydrogen-bond donors (Lipinski definition) is 1. The summed E-state index contributed by atoms with van der Waals surface area (Å²) in [6, 6.07) is 6.18. The first-order valence-corrected chi connectivity index (χ1v) is 9.34. The number of rotatable bonds is 8. The van der Waals surface area contributed by atoms with E-state index in [4.69, 9.17) is 4.74 Å². The van der Waals surface area contributed by atoms with Crippen LogP contribution in [0.1, 0.15) is 31.2 Å². The molecule has 0 bridgehead atoms. The van der Waals surface area contributed by atoms with Crippen molar-refractivity contribution < 1.29 is 13.2 Å². The van der Waals surface area contributed by atoms with E-state index in [1.54, 1.807) is 12.1 Å². The molecule has 2 aromatic rings. The van der Waals surface area contributed by atoms with Crippen LogP contribution >= 0.6 is 11.3 Å². The highest BCUT2D eigenvalue weighted by Gasteiger charge is 2.16. The topological polar surface area (TPSA) is 81.2 Å². The van der Waals surface area contributed by atoms with Crippen molar-refractivity contribution in [3.05, 3.63) is 29.3 Å². The number of unbranched alkanes of at least 4 members (excludes halogenated alkanes) is 2. The normalized spacial score (nSPS) is 11.4. The summed E-state index contributed by atoms with van der Waals surface area (Å²) in [6.07, 6.45) is 4.13. The van der Waals surface area contributed by atoms with Crippen LogP contribution in [0.3, 0.4) is 0 Å². The standard InChI is InChI=1S/C14H19N3O3S2/c1-3-4-5-6-13-15-16-14(21-13)17-22(18,19)12-9-7-11(20-2)8-10-12/h7-10H,3-6H2,1-2H3,(H,16,17). The van der Waals surface area contributed by atoms with Crippen molar-refractivity contribution >= 4 is 26.5 Å². The van der Waals surface area contributed by atoms with Crippen LogP contribution in [0.5, 0.6) is 5.75 Å². The summed E-state index contributed by atoms with van der Waals surface area (Å²) in [5, 5.41) is 9.05. The third-order valence-corrected chi connectivity index (χ3v) is 5.43. The lowest BCUT2D eigenvalue weighted by Gasteiger charge is -2.05. The van der Waals surface area contributed by atoms with Crippen LogP contribution in [0.2, 0.25) is 0 Å². The van der Waals surface area contributed by atoms with Gasteiger partial charge in [0.05, 0.1) is 12.0 Å². The van der Waals surface area contributed by atoms with Gasteiger partial charge in [0, 0.05) is 6.42 Å². The third kappa shape index (κ3) is 4.41. The molecule has 1 heterocycles. The Hall–Kier alpha value is -1.67. The highest BCUT2D eigenvalue weighted by Crippen LogP contribution is 2.22. The molecule has 0 saturated carbocycles. The van der Waals surface area contributed by atoms with E-state index in [2.05, 4.69) is 21.8 Å². The molecule has 8 heteroatoms. The Morgan fingerprint density at radius 2 is 1.91 bits per heavy atom. The van der Waals surface area contributed by atoms with E-state index in [0.717, 1.165) is 30.7 Å². The van der Waals surface area contributed by atoms with Crippen molar-refractivity contribution in [3.8, 4) is 5.75 Å². The summed E-state index contributed by atoms with van der Waals surface area (Å²) in [6.45, 7) is 2.13. The molecule has 0 saturated heterocycles. The van der Waals surface area contributed by atoms with E-state index in [9.17, 15) is 8.42 Å². The fourth-order valence-corrected chi connectivity index (χ4v) is 3.86. The van der Waals surface area contributed by atoms with Crippen LogP contribution in [0, 0.1) is 0 Å². The van der Waals surface area contributed by atoms with E-state index >= 15 is 0 Å². The van der Waals surface area contributed by atoms with Crippen LogP contribution in [-0.2, 0) is 16.4 Å². The number of benzene rings is 1. The Balaban J connectivity index is 2.04. The van der Waals surface area contributed by atoms with Gasteiger partial charge in [-0.2, -0.15) is 0 Å². The van der Waals surface area contributed by atoms with Gasteiger partial charge in [0.15, 0.2) is 0 Å². The lowest BCUT2D eigenvalue weighted by atomic mass is 10.2. The van der Waals surface area contributed by atoms with E-state index in [1.807, 2.05) is 0 Å². The molecule has 0 aliphatic heterocycles. The maximum atomic E-state index is 12.3. The first kappa shape index (κ1) is 16.7. The van der Waals surface area contributed by atoms with E-state index < -0.39 is 10.0 Å². The number of methoxy groups -OCH3 is 1. The van der Waals surface area contributed by atoms with Gasteiger partial charge in [0.25, 0.3) is 10.0 Å². The zero-order valence-corrected chi connectivity index (χ0v) is 14.2. The zero-order valence-electron chi connectivity index (χ0n) is 12.6. The lowest BCUT2D eigenvalue weighted by molar-refractivity contribution is 0.414. The van der Waals surface area contributed by atoms with Gasteiger partial charge in [-0.1, -0.05) is 31.1 Å². The summed E-state index contributed by atoms with van der Waals surface area (Å²) in [4.78, 5) is 0.163. The molecule has 0 aliphatic rings. The minimum atomic E-state index is -3.65. The van der Waals surface area contributed by atoms with Crippen molar-refractivity contribution in [1.29, 1.82) is 0 Å². The Morgan fingerprint density at radius 1 is 1.18 bits per heavy atom. The SMILES string of the molecule is CCCCCc1nnc(NS(=O)(=O)c2ccc(OC)cc2)s1. The number of aryl methyl sites for hydroxylation is 1. The predicted molar refractivity (Wildman–Crippen MR) is 86.9 cm³/mol. The fraction of sp³-hybridized carbons (Fsp3) is 0.429. The van der Waals surface area contributed by atoms with E-state index in [-0.39, 0.29) is 4.90 Å². The maximum Gasteiger partial charge on any atom is 0.263 e. The number of aromatic nitrogens is 2. The Bertz CT molecular complexity index is 696. The summed E-state index contributed by atoms with van der Waals surface area (Å²) >= 11 is 1.28. The third-order valence-electron chi connectivity index (χ3n) is 3.05. The fourth-order valence-electron chi connectivity index (χ4n) is 1.85. The first-order valence-electron chi connectivity index (χ1n) is 7.04. The molecule has 1 aromatic heterocycles. The van der Waals surface area contributed by atoms with Gasteiger partial charge >= 0.3 is 0 Å². The lowest BCUT2D eigenvalue weighted by Crippen LogP contribution is -2.12. The second kappa shape index (κ2) is 7.55. The maximum absolute atomic E-state index is 12.3. The average Bonchev–Trinajstić information content (AvgIpc) is 2.94. The molecule has 0 fully saturated rings. The van der Waals surface area contributed by atoms with Crippen molar-refractivity contribution in [1.82, 2.24) is 10.2 Å². The Morgan fingerprint density at radius 3 is 2.55 bits per heavy atom. The summed E-state index contributed by atoms with van der Waals surface area (Å²) in [7, 11) is -2.12. The summed E-state index contributed by atoms with van der Waals surface area (Å²) < 4.78 is 32.0. The van der Waals surface area contributed by atoms with Crippen LogP contribution in [0.4, 0.5) is 5.13 Å². The molecule has 0 unspecified atom stereocenters. The minimum Gasteiger partial charge on any atom is -0.497 e. The van der Waals surface area contributed by atoms with Gasteiger partial charge in [0.2, 0.25) is 5.13 Å². The molecule has 22 heavy (non-hydrogen) atoms. The number of sulfonamides is 1. The molecule has 120 valence electrons. The smallest absolute Gasteiger partial charge is 0.263 e. The van der Waals surface area contributed by atoms with Crippen LogP contribution in [-0.4, -0.2) is 25.7 Å². The van der Waals surface area contributed by atoms with Gasteiger partial charge in [-0.3, -0.25) is 4.72 Å². The van der Waals surface area contributed by atoms with Crippen LogP contribution in [0.15, 0.2) is 29.2 Å². The van der Waals surface area contributed by atoms with Crippen LogP contribution < -0.4 is 9.46 Å². The first-order chi connectivity index (χ1) is 10.5. The quantitative estimate of drug-likeness (QED) is 0.746. The summed E-state index contributed by atoms with van der Waals surface area (Å²) in [5.74, 6) is 0.605. The predicted octanol–water partition coefficient (Wildman–Crippen LogP) is 3.08. The molecule has 0 spiro atoms. The molecule has 6 nitrogen and oxygen atoms in total. The molecule has 0 atom stereocenters. The van der Waals surface area contributed by atoms with Crippen molar-refractivity contribution in [2.45, 2.75) is 37.5 Å². The van der Waals surface area contributed by atoms with E-state index in [1.165, 1.54) is 30.6 Å². The number of anilines is 1. The summed E-state index contributed by atoms with van der Waals surface area (Å²) in [5.41, 5.74) is 0. The number of nitrogens with one attached hydrogen (secondary N) is 1. The van der Waals surface area contributed by atoms with Gasteiger partial charge in [-0.05, 0) is 30.7 Å². The van der Waals surface area contributed by atoms with Gasteiger partial charge in [-0.15, -0.1) is 10.2 Å².